The fraction of sp³-hybridized carbons (Fsp3) is 0.143. The van der Waals surface area contributed by atoms with Crippen molar-refractivity contribution >= 4 is 7.82 Å². The number of hydrogen-bond acceptors (Lipinski definition) is 4. The van der Waals surface area contributed by atoms with Crippen LogP contribution in [0.3, 0.4) is 0 Å². The SMILES string of the molecule is Cc1ccc(OP(=O)(Oc2cccc(C)c2)Oc2ccccc2C)cc1. The molecule has 26 heavy (non-hydrogen) atoms. The Hall–Kier alpha value is -2.71. The predicted octanol–water partition coefficient (Wildman–Crippen LogP) is 6.26. The van der Waals surface area contributed by atoms with Gasteiger partial charge in [-0.2, -0.15) is 4.57 Å². The Morgan fingerprint density at radius 1 is 0.654 bits per heavy atom. The topological polar surface area (TPSA) is 44.8 Å². The third-order valence-corrected chi connectivity index (χ3v) is 5.04. The summed E-state index contributed by atoms with van der Waals surface area (Å²) in [7, 11) is -3.95. The highest BCUT2D eigenvalue weighted by molar-refractivity contribution is 7.49. The second-order valence-corrected chi connectivity index (χ2v) is 7.56. The van der Waals surface area contributed by atoms with Crippen LogP contribution in [0.15, 0.2) is 72.8 Å². The molecule has 0 saturated carbocycles. The smallest absolute Gasteiger partial charge is 0.386 e. The van der Waals surface area contributed by atoms with E-state index in [4.69, 9.17) is 13.6 Å². The summed E-state index contributed by atoms with van der Waals surface area (Å²) in [5.74, 6) is 1.30. The lowest BCUT2D eigenvalue weighted by atomic mass is 10.2. The van der Waals surface area contributed by atoms with Crippen LogP contribution in [0, 0.1) is 20.8 Å². The number of rotatable bonds is 6. The van der Waals surface area contributed by atoms with Gasteiger partial charge in [-0.3, -0.25) is 0 Å². The van der Waals surface area contributed by atoms with E-state index in [2.05, 4.69) is 0 Å². The van der Waals surface area contributed by atoms with Crippen LogP contribution in [-0.4, -0.2) is 0 Å². The molecule has 0 bridgehead atoms. The van der Waals surface area contributed by atoms with Gasteiger partial charge in [-0.05, 0) is 62.2 Å². The molecule has 1 unspecified atom stereocenters. The average Bonchev–Trinajstić information content (AvgIpc) is 2.59. The molecular formula is C21H21O4P. The molecule has 0 heterocycles. The lowest BCUT2D eigenvalue weighted by Crippen LogP contribution is -2.08. The van der Waals surface area contributed by atoms with E-state index in [1.807, 2.05) is 63.2 Å². The van der Waals surface area contributed by atoms with Crippen LogP contribution in [-0.2, 0) is 4.57 Å². The van der Waals surface area contributed by atoms with Gasteiger partial charge in [0.25, 0.3) is 0 Å². The van der Waals surface area contributed by atoms with Crippen LogP contribution in [0.2, 0.25) is 0 Å². The van der Waals surface area contributed by atoms with Crippen LogP contribution in [0.25, 0.3) is 0 Å². The predicted molar refractivity (Wildman–Crippen MR) is 103 cm³/mol. The summed E-state index contributed by atoms with van der Waals surface area (Å²) >= 11 is 0. The molecule has 0 saturated heterocycles. The monoisotopic (exact) mass is 368 g/mol. The van der Waals surface area contributed by atoms with Crippen molar-refractivity contribution in [1.82, 2.24) is 0 Å². The summed E-state index contributed by atoms with van der Waals surface area (Å²) in [4.78, 5) is 0. The van der Waals surface area contributed by atoms with Crippen LogP contribution in [0.1, 0.15) is 16.7 Å². The lowest BCUT2D eigenvalue weighted by molar-refractivity contribution is 0.297. The van der Waals surface area contributed by atoms with Crippen LogP contribution >= 0.6 is 7.82 Å². The van der Waals surface area contributed by atoms with Gasteiger partial charge in [0.15, 0.2) is 0 Å². The first kappa shape index (κ1) is 18.1. The van der Waals surface area contributed by atoms with Crippen molar-refractivity contribution in [1.29, 1.82) is 0 Å². The molecule has 0 aliphatic heterocycles. The number of para-hydroxylation sites is 1. The van der Waals surface area contributed by atoms with Crippen LogP contribution < -0.4 is 13.6 Å². The summed E-state index contributed by atoms with van der Waals surface area (Å²) in [5, 5.41) is 0. The van der Waals surface area contributed by atoms with Crippen molar-refractivity contribution in [3.63, 3.8) is 0 Å². The van der Waals surface area contributed by atoms with Crippen molar-refractivity contribution in [2.24, 2.45) is 0 Å². The maximum Gasteiger partial charge on any atom is 0.647 e. The summed E-state index contributed by atoms with van der Waals surface area (Å²) in [5.41, 5.74) is 2.90. The molecule has 0 aromatic heterocycles. The molecular weight excluding hydrogens is 347 g/mol. The quantitative estimate of drug-likeness (QED) is 0.482. The van der Waals surface area contributed by atoms with Gasteiger partial charge in [0, 0.05) is 0 Å². The van der Waals surface area contributed by atoms with Gasteiger partial charge in [-0.15, -0.1) is 0 Å². The molecule has 4 nitrogen and oxygen atoms in total. The summed E-state index contributed by atoms with van der Waals surface area (Å²) in [6, 6.07) is 21.8. The fourth-order valence-corrected chi connectivity index (χ4v) is 3.67. The minimum atomic E-state index is -3.95. The maximum absolute atomic E-state index is 13.4. The normalized spacial score (nSPS) is 12.9. The van der Waals surface area contributed by atoms with Crippen molar-refractivity contribution < 1.29 is 18.1 Å². The lowest BCUT2D eigenvalue weighted by Gasteiger charge is -2.20. The maximum atomic E-state index is 13.4. The zero-order chi connectivity index (χ0) is 18.6. The standard InChI is InChI=1S/C21H21O4P/c1-16-11-13-19(14-12-16)23-26(22,24-20-9-6-7-17(2)15-20)25-21-10-5-4-8-18(21)3/h4-15H,1-3H3. The van der Waals surface area contributed by atoms with Crippen molar-refractivity contribution in [2.45, 2.75) is 20.8 Å². The Morgan fingerprint density at radius 2 is 1.35 bits per heavy atom. The van der Waals surface area contributed by atoms with E-state index in [0.29, 0.717) is 17.2 Å². The Balaban J connectivity index is 1.92. The Morgan fingerprint density at radius 3 is 2.04 bits per heavy atom. The molecule has 0 N–H and O–H groups in total. The number of hydrogen-bond donors (Lipinski definition) is 0. The van der Waals surface area contributed by atoms with Crippen molar-refractivity contribution in [3.8, 4) is 17.2 Å². The molecule has 0 spiro atoms. The molecule has 3 aromatic carbocycles. The van der Waals surface area contributed by atoms with E-state index >= 15 is 0 Å². The number of phosphoric ester groups is 1. The van der Waals surface area contributed by atoms with Gasteiger partial charge >= 0.3 is 7.82 Å². The Kier molecular flexibility index (Phi) is 5.34. The van der Waals surface area contributed by atoms with Gasteiger partial charge in [0.1, 0.15) is 17.2 Å². The molecule has 3 rings (SSSR count). The van der Waals surface area contributed by atoms with E-state index in [0.717, 1.165) is 16.7 Å². The highest BCUT2D eigenvalue weighted by atomic mass is 31.2. The fourth-order valence-electron chi connectivity index (χ4n) is 2.36. The zero-order valence-electron chi connectivity index (χ0n) is 15.0. The summed E-state index contributed by atoms with van der Waals surface area (Å²) in [6.45, 7) is 5.77. The van der Waals surface area contributed by atoms with Gasteiger partial charge < -0.3 is 13.6 Å². The number of benzene rings is 3. The minimum Gasteiger partial charge on any atom is -0.386 e. The minimum absolute atomic E-state index is 0.417. The highest BCUT2D eigenvalue weighted by Crippen LogP contribution is 2.50. The van der Waals surface area contributed by atoms with E-state index in [1.165, 1.54) is 0 Å². The van der Waals surface area contributed by atoms with Gasteiger partial charge in [0.2, 0.25) is 0 Å². The molecule has 5 heteroatoms. The number of aryl methyl sites for hydroxylation is 3. The van der Waals surface area contributed by atoms with E-state index in [1.54, 1.807) is 30.3 Å². The van der Waals surface area contributed by atoms with Crippen molar-refractivity contribution in [2.75, 3.05) is 0 Å². The van der Waals surface area contributed by atoms with E-state index in [9.17, 15) is 4.57 Å². The molecule has 1 atom stereocenters. The largest absolute Gasteiger partial charge is 0.647 e. The highest BCUT2D eigenvalue weighted by Gasteiger charge is 2.33. The van der Waals surface area contributed by atoms with Crippen LogP contribution in [0.4, 0.5) is 0 Å². The first-order valence-electron chi connectivity index (χ1n) is 8.31. The molecule has 0 amide bonds. The second kappa shape index (κ2) is 7.67. The van der Waals surface area contributed by atoms with E-state index in [-0.39, 0.29) is 0 Å². The average molecular weight is 368 g/mol. The van der Waals surface area contributed by atoms with Gasteiger partial charge in [-0.1, -0.05) is 48.0 Å². The summed E-state index contributed by atoms with van der Waals surface area (Å²) in [6.07, 6.45) is 0. The number of phosphoric acid groups is 1. The van der Waals surface area contributed by atoms with Gasteiger partial charge in [-0.25, -0.2) is 0 Å². The summed E-state index contributed by atoms with van der Waals surface area (Å²) < 4.78 is 30.5. The molecule has 0 radical (unpaired) electrons. The first-order chi connectivity index (χ1) is 12.4. The Bertz CT molecular complexity index is 935. The van der Waals surface area contributed by atoms with E-state index < -0.39 is 7.82 Å². The van der Waals surface area contributed by atoms with Gasteiger partial charge in [0.05, 0.1) is 0 Å². The molecule has 134 valence electrons. The first-order valence-corrected chi connectivity index (χ1v) is 9.77. The van der Waals surface area contributed by atoms with Crippen molar-refractivity contribution in [3.05, 3.63) is 89.5 Å². The second-order valence-electron chi connectivity index (χ2n) is 6.12. The molecule has 3 aromatic rings. The Labute approximate surface area is 154 Å². The van der Waals surface area contributed by atoms with Crippen LogP contribution in [0.5, 0.6) is 17.2 Å². The molecule has 0 fully saturated rings. The zero-order valence-corrected chi connectivity index (χ0v) is 15.9. The molecule has 0 aliphatic rings. The third kappa shape index (κ3) is 4.68. The third-order valence-electron chi connectivity index (χ3n) is 3.75. The molecule has 0 aliphatic carbocycles.